The Balaban J connectivity index is 1.95. The van der Waals surface area contributed by atoms with Crippen molar-refractivity contribution < 1.29 is 5.11 Å². The maximum Gasteiger partial charge on any atom is 0.138 e. The molecule has 0 radical (unpaired) electrons. The number of aliphatic hydroxyl groups is 1. The highest BCUT2D eigenvalue weighted by Gasteiger charge is 2.46. The van der Waals surface area contributed by atoms with Crippen molar-refractivity contribution in [3.05, 3.63) is 54.1 Å². The van der Waals surface area contributed by atoms with Gasteiger partial charge in [-0.3, -0.25) is 0 Å². The third-order valence-corrected chi connectivity index (χ3v) is 4.57. The molecule has 1 saturated carbocycles. The van der Waals surface area contributed by atoms with Gasteiger partial charge in [-0.1, -0.05) is 43.7 Å². The van der Waals surface area contributed by atoms with Gasteiger partial charge in [0.15, 0.2) is 0 Å². The van der Waals surface area contributed by atoms with E-state index in [0.717, 1.165) is 31.6 Å². The number of imidazole rings is 1. The minimum Gasteiger partial charge on any atom is -0.384 e. The summed E-state index contributed by atoms with van der Waals surface area (Å²) in [6, 6.07) is 10.4. The summed E-state index contributed by atoms with van der Waals surface area (Å²) in [7, 11) is 0. The van der Waals surface area contributed by atoms with Crippen LogP contribution in [0, 0.1) is 0 Å². The molecule has 0 bridgehead atoms. The highest BCUT2D eigenvalue weighted by atomic mass is 16.3. The van der Waals surface area contributed by atoms with Crippen molar-refractivity contribution in [2.24, 2.45) is 0 Å². The zero-order valence-corrected chi connectivity index (χ0v) is 12.0. The van der Waals surface area contributed by atoms with Crippen LogP contribution in [0.25, 0.3) is 0 Å². The molecule has 1 aromatic carbocycles. The van der Waals surface area contributed by atoms with Crippen LogP contribution in [0.15, 0.2) is 42.7 Å². The Hall–Kier alpha value is -1.61. The van der Waals surface area contributed by atoms with E-state index in [1.165, 1.54) is 12.0 Å². The molecule has 2 aromatic rings. The van der Waals surface area contributed by atoms with Crippen LogP contribution in [0.1, 0.15) is 50.1 Å². The second-order valence-corrected chi connectivity index (χ2v) is 5.76. The Morgan fingerprint density at radius 1 is 1.30 bits per heavy atom. The molecule has 1 aromatic heterocycles. The smallest absolute Gasteiger partial charge is 0.138 e. The van der Waals surface area contributed by atoms with E-state index in [9.17, 15) is 5.11 Å². The fourth-order valence-corrected chi connectivity index (χ4v) is 3.29. The molecule has 1 N–H and O–H groups in total. The molecule has 20 heavy (non-hydrogen) atoms. The van der Waals surface area contributed by atoms with Crippen molar-refractivity contribution in [2.75, 3.05) is 0 Å². The van der Waals surface area contributed by atoms with Gasteiger partial charge in [0.05, 0.1) is 0 Å². The van der Waals surface area contributed by atoms with Crippen molar-refractivity contribution in [1.82, 2.24) is 9.55 Å². The zero-order chi connectivity index (χ0) is 14.0. The summed E-state index contributed by atoms with van der Waals surface area (Å²) in [5, 5.41) is 11.0. The largest absolute Gasteiger partial charge is 0.384 e. The van der Waals surface area contributed by atoms with E-state index in [1.54, 1.807) is 6.20 Å². The van der Waals surface area contributed by atoms with Crippen LogP contribution < -0.4 is 0 Å². The first-order chi connectivity index (χ1) is 9.78. The third-order valence-electron chi connectivity index (χ3n) is 4.57. The molecular formula is C17H22N2O. The summed E-state index contributed by atoms with van der Waals surface area (Å²) in [6.07, 6.45) is 7.56. The number of nitrogens with zero attached hydrogens (tertiary/aromatic N) is 2. The van der Waals surface area contributed by atoms with Crippen molar-refractivity contribution in [2.45, 2.75) is 50.7 Å². The first-order valence-corrected chi connectivity index (χ1v) is 7.52. The Morgan fingerprint density at radius 2 is 2.05 bits per heavy atom. The molecular weight excluding hydrogens is 248 g/mol. The number of aryl methyl sites for hydroxylation is 1. The summed E-state index contributed by atoms with van der Waals surface area (Å²) < 4.78 is 2.09. The first-order valence-electron chi connectivity index (χ1n) is 7.52. The minimum absolute atomic E-state index is 0.141. The molecule has 3 nitrogen and oxygen atoms in total. The molecule has 1 aliphatic carbocycles. The predicted molar refractivity (Wildman–Crippen MR) is 79.4 cm³/mol. The Kier molecular flexibility index (Phi) is 3.62. The zero-order valence-electron chi connectivity index (χ0n) is 12.0. The third kappa shape index (κ3) is 2.06. The number of hydrogen-bond donors (Lipinski definition) is 1. The van der Waals surface area contributed by atoms with Gasteiger partial charge in [-0.25, -0.2) is 4.98 Å². The summed E-state index contributed by atoms with van der Waals surface area (Å²) in [5.74, 6) is 0.815. The average molecular weight is 270 g/mol. The lowest BCUT2D eigenvalue weighted by Crippen LogP contribution is -2.41. The Bertz CT molecular complexity index is 557. The van der Waals surface area contributed by atoms with Gasteiger partial charge in [0.25, 0.3) is 0 Å². The highest BCUT2D eigenvalue weighted by Crippen LogP contribution is 2.51. The molecule has 0 spiro atoms. The summed E-state index contributed by atoms with van der Waals surface area (Å²) in [5.41, 5.74) is 1.10. The molecule has 3 rings (SSSR count). The van der Waals surface area contributed by atoms with E-state index in [1.807, 2.05) is 12.3 Å². The van der Waals surface area contributed by atoms with Gasteiger partial charge in [0.1, 0.15) is 11.9 Å². The quantitative estimate of drug-likeness (QED) is 0.903. The van der Waals surface area contributed by atoms with Crippen LogP contribution >= 0.6 is 0 Å². The second kappa shape index (κ2) is 5.41. The topological polar surface area (TPSA) is 38.0 Å². The standard InChI is InChI=1S/C17H22N2O/c1-2-12-19-13-11-18-16(19)15(20)17(9-6-10-17)14-7-4-3-5-8-14/h3-5,7-8,11,13,15,20H,2,6,9-10,12H2,1H3. The molecule has 1 aliphatic rings. The molecule has 106 valence electrons. The van der Waals surface area contributed by atoms with E-state index in [-0.39, 0.29) is 5.41 Å². The predicted octanol–water partition coefficient (Wildman–Crippen LogP) is 3.45. The Morgan fingerprint density at radius 3 is 2.65 bits per heavy atom. The summed E-state index contributed by atoms with van der Waals surface area (Å²) in [6.45, 7) is 3.06. The monoisotopic (exact) mass is 270 g/mol. The van der Waals surface area contributed by atoms with Gasteiger partial charge < -0.3 is 9.67 Å². The first kappa shape index (κ1) is 13.4. The van der Waals surface area contributed by atoms with Crippen molar-refractivity contribution in [1.29, 1.82) is 0 Å². The molecule has 1 atom stereocenters. The number of aliphatic hydroxyl groups excluding tert-OH is 1. The molecule has 0 saturated heterocycles. The molecule has 0 aliphatic heterocycles. The van der Waals surface area contributed by atoms with Gasteiger partial charge in [-0.15, -0.1) is 0 Å². The summed E-state index contributed by atoms with van der Waals surface area (Å²) in [4.78, 5) is 4.42. The van der Waals surface area contributed by atoms with Crippen molar-refractivity contribution in [3.8, 4) is 0 Å². The van der Waals surface area contributed by atoms with E-state index in [0.29, 0.717) is 0 Å². The van der Waals surface area contributed by atoms with Crippen molar-refractivity contribution in [3.63, 3.8) is 0 Å². The maximum absolute atomic E-state index is 11.0. The van der Waals surface area contributed by atoms with Gasteiger partial charge in [0, 0.05) is 24.4 Å². The molecule has 3 heteroatoms. The van der Waals surface area contributed by atoms with Gasteiger partial charge >= 0.3 is 0 Å². The van der Waals surface area contributed by atoms with E-state index in [2.05, 4.69) is 40.7 Å². The van der Waals surface area contributed by atoms with Crippen LogP contribution in [0.5, 0.6) is 0 Å². The van der Waals surface area contributed by atoms with Crippen LogP contribution in [-0.2, 0) is 12.0 Å². The van der Waals surface area contributed by atoms with E-state index >= 15 is 0 Å². The lowest BCUT2D eigenvalue weighted by Gasteiger charge is -2.45. The van der Waals surface area contributed by atoms with Crippen LogP contribution in [-0.4, -0.2) is 14.7 Å². The average Bonchev–Trinajstić information content (AvgIpc) is 2.87. The van der Waals surface area contributed by atoms with Crippen molar-refractivity contribution >= 4 is 0 Å². The molecule has 1 heterocycles. The van der Waals surface area contributed by atoms with Gasteiger partial charge in [-0.05, 0) is 24.8 Å². The molecule has 1 fully saturated rings. The van der Waals surface area contributed by atoms with Crippen LogP contribution in [0.2, 0.25) is 0 Å². The summed E-state index contributed by atoms with van der Waals surface area (Å²) >= 11 is 0. The highest BCUT2D eigenvalue weighted by molar-refractivity contribution is 5.31. The fraction of sp³-hybridized carbons (Fsp3) is 0.471. The second-order valence-electron chi connectivity index (χ2n) is 5.76. The van der Waals surface area contributed by atoms with Crippen LogP contribution in [0.4, 0.5) is 0 Å². The Labute approximate surface area is 120 Å². The minimum atomic E-state index is -0.514. The number of rotatable bonds is 5. The number of hydrogen-bond acceptors (Lipinski definition) is 2. The molecule has 0 amide bonds. The van der Waals surface area contributed by atoms with E-state index < -0.39 is 6.10 Å². The van der Waals surface area contributed by atoms with E-state index in [4.69, 9.17) is 0 Å². The normalized spacial score (nSPS) is 18.5. The maximum atomic E-state index is 11.0. The molecule has 1 unspecified atom stereocenters. The number of benzene rings is 1. The van der Waals surface area contributed by atoms with Gasteiger partial charge in [-0.2, -0.15) is 0 Å². The van der Waals surface area contributed by atoms with Gasteiger partial charge in [0.2, 0.25) is 0 Å². The van der Waals surface area contributed by atoms with Crippen LogP contribution in [0.3, 0.4) is 0 Å². The lowest BCUT2D eigenvalue weighted by atomic mass is 9.61. The SMILES string of the molecule is CCCn1ccnc1C(O)C1(c2ccccc2)CCC1. The number of aromatic nitrogens is 2. The fourth-order valence-electron chi connectivity index (χ4n) is 3.29. The lowest BCUT2D eigenvalue weighted by molar-refractivity contribution is 0.0180.